The minimum Gasteiger partial charge on any atom is -0.356 e. The smallest absolute Gasteiger partial charge is 0.203 e. The zero-order chi connectivity index (χ0) is 12.3. The summed E-state index contributed by atoms with van der Waals surface area (Å²) < 4.78 is 4.41. The van der Waals surface area contributed by atoms with E-state index in [2.05, 4.69) is 35.4 Å². The molecule has 0 saturated heterocycles. The van der Waals surface area contributed by atoms with Crippen molar-refractivity contribution in [2.45, 2.75) is 63.0 Å². The zero-order valence-electron chi connectivity index (χ0n) is 10.8. The summed E-state index contributed by atoms with van der Waals surface area (Å²) in [5, 5.41) is 5.15. The Morgan fingerprint density at radius 2 is 2.06 bits per heavy atom. The van der Waals surface area contributed by atoms with E-state index in [0.29, 0.717) is 0 Å². The summed E-state index contributed by atoms with van der Waals surface area (Å²) in [5.41, 5.74) is 0.0649. The predicted octanol–water partition coefficient (Wildman–Crippen LogP) is 3.92. The van der Waals surface area contributed by atoms with Gasteiger partial charge in [0.2, 0.25) is 5.13 Å². The first-order chi connectivity index (χ1) is 8.03. The third-order valence-electron chi connectivity index (χ3n) is 2.70. The Kier molecular flexibility index (Phi) is 4.31. The van der Waals surface area contributed by atoms with Gasteiger partial charge in [-0.25, -0.2) is 4.98 Å². The van der Waals surface area contributed by atoms with Crippen LogP contribution in [0.3, 0.4) is 0 Å². The third kappa shape index (κ3) is 4.47. The van der Waals surface area contributed by atoms with Crippen LogP contribution < -0.4 is 5.32 Å². The van der Waals surface area contributed by atoms with E-state index in [-0.39, 0.29) is 5.54 Å². The van der Waals surface area contributed by atoms with Crippen LogP contribution in [0.5, 0.6) is 0 Å². The van der Waals surface area contributed by atoms with Crippen molar-refractivity contribution in [2.24, 2.45) is 0 Å². The lowest BCUT2D eigenvalue weighted by molar-refractivity contribution is 0.633. The molecule has 1 aliphatic carbocycles. The molecule has 5 heteroatoms. The fourth-order valence-corrected chi connectivity index (χ4v) is 3.99. The van der Waals surface area contributed by atoms with Crippen LogP contribution in [-0.2, 0) is 5.75 Å². The van der Waals surface area contributed by atoms with Crippen LogP contribution in [-0.4, -0.2) is 20.1 Å². The minimum atomic E-state index is 0.0649. The van der Waals surface area contributed by atoms with E-state index in [1.165, 1.54) is 37.2 Å². The molecule has 3 nitrogen and oxygen atoms in total. The fourth-order valence-electron chi connectivity index (χ4n) is 1.93. The van der Waals surface area contributed by atoms with Crippen molar-refractivity contribution in [3.63, 3.8) is 0 Å². The molecule has 1 heterocycles. The van der Waals surface area contributed by atoms with Crippen LogP contribution >= 0.6 is 23.3 Å². The van der Waals surface area contributed by atoms with E-state index in [1.54, 1.807) is 0 Å². The topological polar surface area (TPSA) is 37.8 Å². The molecule has 1 aromatic heterocycles. The van der Waals surface area contributed by atoms with Crippen molar-refractivity contribution >= 4 is 28.4 Å². The van der Waals surface area contributed by atoms with Crippen LogP contribution in [0, 0.1) is 0 Å². The molecule has 1 N–H and O–H groups in total. The van der Waals surface area contributed by atoms with E-state index in [0.717, 1.165) is 22.0 Å². The first kappa shape index (κ1) is 13.1. The SMILES string of the molecule is CC(C)(C)Nc1nc(CSC2CCCC2)ns1. The highest BCUT2D eigenvalue weighted by Crippen LogP contribution is 2.31. The Morgan fingerprint density at radius 3 is 2.71 bits per heavy atom. The van der Waals surface area contributed by atoms with Crippen LogP contribution in [0.4, 0.5) is 5.13 Å². The second-order valence-electron chi connectivity index (χ2n) is 5.61. The maximum absolute atomic E-state index is 4.53. The summed E-state index contributed by atoms with van der Waals surface area (Å²) in [6.07, 6.45) is 5.56. The molecule has 2 rings (SSSR count). The van der Waals surface area contributed by atoms with Crippen molar-refractivity contribution in [1.29, 1.82) is 0 Å². The molecule has 0 unspecified atom stereocenters. The molecule has 0 radical (unpaired) electrons. The highest BCUT2D eigenvalue weighted by atomic mass is 32.2. The van der Waals surface area contributed by atoms with Gasteiger partial charge in [0.25, 0.3) is 0 Å². The van der Waals surface area contributed by atoms with Gasteiger partial charge >= 0.3 is 0 Å². The summed E-state index contributed by atoms with van der Waals surface area (Å²) in [7, 11) is 0. The second kappa shape index (κ2) is 5.57. The molecule has 0 aliphatic heterocycles. The van der Waals surface area contributed by atoms with Crippen molar-refractivity contribution in [2.75, 3.05) is 5.32 Å². The summed E-state index contributed by atoms with van der Waals surface area (Å²) in [6.45, 7) is 6.42. The van der Waals surface area contributed by atoms with E-state index < -0.39 is 0 Å². The van der Waals surface area contributed by atoms with Gasteiger partial charge in [-0.15, -0.1) is 0 Å². The molecular weight excluding hydrogens is 250 g/mol. The lowest BCUT2D eigenvalue weighted by Gasteiger charge is -2.18. The van der Waals surface area contributed by atoms with E-state index in [9.17, 15) is 0 Å². The van der Waals surface area contributed by atoms with Crippen LogP contribution in [0.15, 0.2) is 0 Å². The lowest BCUT2D eigenvalue weighted by atomic mass is 10.1. The fraction of sp³-hybridized carbons (Fsp3) is 0.833. The first-order valence-electron chi connectivity index (χ1n) is 6.25. The Hall–Kier alpha value is -0.290. The summed E-state index contributed by atoms with van der Waals surface area (Å²) in [6, 6.07) is 0. The Morgan fingerprint density at radius 1 is 1.35 bits per heavy atom. The van der Waals surface area contributed by atoms with Crippen molar-refractivity contribution < 1.29 is 0 Å². The van der Waals surface area contributed by atoms with E-state index in [4.69, 9.17) is 0 Å². The van der Waals surface area contributed by atoms with Crippen molar-refractivity contribution in [3.8, 4) is 0 Å². The molecule has 1 fully saturated rings. The maximum atomic E-state index is 4.53. The number of thioether (sulfide) groups is 1. The molecule has 1 aromatic rings. The number of hydrogen-bond donors (Lipinski definition) is 1. The van der Waals surface area contributed by atoms with Gasteiger partial charge < -0.3 is 5.32 Å². The summed E-state index contributed by atoms with van der Waals surface area (Å²) >= 11 is 3.50. The summed E-state index contributed by atoms with van der Waals surface area (Å²) in [5.74, 6) is 1.95. The van der Waals surface area contributed by atoms with Crippen molar-refractivity contribution in [3.05, 3.63) is 5.82 Å². The number of anilines is 1. The van der Waals surface area contributed by atoms with Crippen LogP contribution in [0.1, 0.15) is 52.3 Å². The normalized spacial score (nSPS) is 17.6. The predicted molar refractivity (Wildman–Crippen MR) is 76.8 cm³/mol. The molecule has 0 aromatic carbocycles. The minimum absolute atomic E-state index is 0.0649. The first-order valence-corrected chi connectivity index (χ1v) is 8.07. The Labute approximate surface area is 112 Å². The van der Waals surface area contributed by atoms with E-state index in [1.807, 2.05) is 11.8 Å². The molecule has 0 spiro atoms. The standard InChI is InChI=1S/C12H21N3S2/c1-12(2,3)14-11-13-10(15-17-11)8-16-9-6-4-5-7-9/h9H,4-8H2,1-3H3,(H,13,14,15). The van der Waals surface area contributed by atoms with Gasteiger partial charge in [-0.2, -0.15) is 16.1 Å². The maximum Gasteiger partial charge on any atom is 0.203 e. The van der Waals surface area contributed by atoms with Gasteiger partial charge in [0.1, 0.15) is 0 Å². The van der Waals surface area contributed by atoms with Gasteiger partial charge in [-0.05, 0) is 33.6 Å². The van der Waals surface area contributed by atoms with Crippen LogP contribution in [0.2, 0.25) is 0 Å². The molecule has 17 heavy (non-hydrogen) atoms. The average Bonchev–Trinajstić information content (AvgIpc) is 2.82. The number of nitrogens with one attached hydrogen (secondary N) is 1. The highest BCUT2D eigenvalue weighted by Gasteiger charge is 2.17. The summed E-state index contributed by atoms with van der Waals surface area (Å²) in [4.78, 5) is 4.53. The van der Waals surface area contributed by atoms with Gasteiger partial charge in [-0.1, -0.05) is 12.8 Å². The van der Waals surface area contributed by atoms with Gasteiger partial charge in [-0.3, -0.25) is 0 Å². The number of nitrogens with zero attached hydrogens (tertiary/aromatic N) is 2. The largest absolute Gasteiger partial charge is 0.356 e. The van der Waals surface area contributed by atoms with E-state index >= 15 is 0 Å². The third-order valence-corrected chi connectivity index (χ3v) is 4.74. The quantitative estimate of drug-likeness (QED) is 0.900. The molecule has 0 atom stereocenters. The molecule has 1 saturated carbocycles. The highest BCUT2D eigenvalue weighted by molar-refractivity contribution is 7.99. The zero-order valence-corrected chi connectivity index (χ0v) is 12.5. The molecular formula is C12H21N3S2. The second-order valence-corrected chi connectivity index (χ2v) is 7.65. The van der Waals surface area contributed by atoms with Gasteiger partial charge in [0.15, 0.2) is 5.82 Å². The molecule has 96 valence electrons. The Balaban J connectivity index is 1.81. The lowest BCUT2D eigenvalue weighted by Crippen LogP contribution is -2.25. The number of hydrogen-bond acceptors (Lipinski definition) is 5. The molecule has 0 amide bonds. The Bertz CT molecular complexity index is 351. The number of rotatable bonds is 4. The molecule has 1 aliphatic rings. The van der Waals surface area contributed by atoms with Gasteiger partial charge in [0.05, 0.1) is 5.75 Å². The van der Waals surface area contributed by atoms with Crippen LogP contribution in [0.25, 0.3) is 0 Å². The average molecular weight is 271 g/mol. The van der Waals surface area contributed by atoms with Gasteiger partial charge in [0, 0.05) is 22.3 Å². The monoisotopic (exact) mass is 271 g/mol. The molecule has 0 bridgehead atoms. The number of aromatic nitrogens is 2. The van der Waals surface area contributed by atoms with Crippen molar-refractivity contribution in [1.82, 2.24) is 9.36 Å².